The van der Waals surface area contributed by atoms with Gasteiger partial charge in [0.2, 0.25) is 0 Å². The summed E-state index contributed by atoms with van der Waals surface area (Å²) in [6, 6.07) is 4.46. The number of ether oxygens (including phenoxy) is 1. The number of hydrogen-bond donors (Lipinski definition) is 2. The monoisotopic (exact) mass is 326 g/mol. The Morgan fingerprint density at radius 1 is 1.54 bits per heavy atom. The van der Waals surface area contributed by atoms with Crippen molar-refractivity contribution < 1.29 is 9.53 Å². The van der Waals surface area contributed by atoms with Gasteiger partial charge in [-0.3, -0.25) is 0 Å². The van der Waals surface area contributed by atoms with E-state index in [4.69, 9.17) is 10.00 Å². The summed E-state index contributed by atoms with van der Waals surface area (Å²) in [6.07, 6.45) is 9.36. The normalized spacial score (nSPS) is 20.5. The first-order valence-electron chi connectivity index (χ1n) is 8.40. The minimum absolute atomic E-state index is 0.298. The van der Waals surface area contributed by atoms with Gasteiger partial charge >= 0.3 is 5.97 Å². The zero-order valence-electron chi connectivity index (χ0n) is 13.8. The third-order valence-corrected chi connectivity index (χ3v) is 4.79. The van der Waals surface area contributed by atoms with Crippen LogP contribution in [0.3, 0.4) is 0 Å². The van der Waals surface area contributed by atoms with Gasteiger partial charge in [0.1, 0.15) is 11.2 Å². The van der Waals surface area contributed by atoms with Crippen LogP contribution < -0.4 is 5.32 Å². The molecular formula is C18H22N4O2. The number of nitrogens with zero attached hydrogens (tertiary/aromatic N) is 2. The molecule has 0 saturated heterocycles. The number of carbonyl (C=O) groups is 1. The molecule has 0 bridgehead atoms. The van der Waals surface area contributed by atoms with Crippen molar-refractivity contribution in [3.05, 3.63) is 24.0 Å². The van der Waals surface area contributed by atoms with Gasteiger partial charge < -0.3 is 15.0 Å². The van der Waals surface area contributed by atoms with E-state index in [2.05, 4.69) is 21.4 Å². The van der Waals surface area contributed by atoms with Gasteiger partial charge in [0, 0.05) is 30.2 Å². The van der Waals surface area contributed by atoms with Crippen LogP contribution in [0.1, 0.15) is 48.9 Å². The van der Waals surface area contributed by atoms with Crippen LogP contribution in [0.4, 0.5) is 5.69 Å². The first kappa shape index (κ1) is 16.3. The number of pyridine rings is 1. The second-order valence-electron chi connectivity index (χ2n) is 6.35. The van der Waals surface area contributed by atoms with Crippen LogP contribution in [-0.4, -0.2) is 29.1 Å². The summed E-state index contributed by atoms with van der Waals surface area (Å²) in [5, 5.41) is 13.2. The standard InChI is InChI=1S/C18H22N4O2/c1-24-18(23)15-11-21-17-14(7-9-20-17)16(15)22-13-6-2-4-12(10-13)5-3-8-19/h7,9,11-13H,2-6,10H2,1H3,(H2,20,21,22)/t12-,13-/m0/s1. The average Bonchev–Trinajstić information content (AvgIpc) is 3.09. The Labute approximate surface area is 141 Å². The molecule has 6 heteroatoms. The third-order valence-electron chi connectivity index (χ3n) is 4.79. The van der Waals surface area contributed by atoms with E-state index in [0.29, 0.717) is 23.9 Å². The number of hydrogen-bond acceptors (Lipinski definition) is 5. The number of carbonyl (C=O) groups excluding carboxylic acids is 1. The van der Waals surface area contributed by atoms with Crippen LogP contribution in [0.5, 0.6) is 0 Å². The molecule has 2 N–H and O–H groups in total. The van der Waals surface area contributed by atoms with E-state index in [1.165, 1.54) is 13.5 Å². The van der Waals surface area contributed by atoms with Crippen LogP contribution in [0.25, 0.3) is 11.0 Å². The van der Waals surface area contributed by atoms with E-state index in [1.54, 1.807) is 6.20 Å². The molecule has 0 spiro atoms. The number of nitrogens with one attached hydrogen (secondary N) is 2. The molecule has 2 heterocycles. The molecule has 0 amide bonds. The lowest BCUT2D eigenvalue weighted by molar-refractivity contribution is 0.0601. The summed E-state index contributed by atoms with van der Waals surface area (Å²) in [5.41, 5.74) is 2.00. The quantitative estimate of drug-likeness (QED) is 0.819. The molecule has 1 saturated carbocycles. The molecule has 1 fully saturated rings. The smallest absolute Gasteiger partial charge is 0.341 e. The van der Waals surface area contributed by atoms with Gasteiger partial charge in [-0.1, -0.05) is 12.8 Å². The van der Waals surface area contributed by atoms with Gasteiger partial charge in [-0.25, -0.2) is 9.78 Å². The van der Waals surface area contributed by atoms with E-state index < -0.39 is 0 Å². The Balaban J connectivity index is 1.84. The lowest BCUT2D eigenvalue weighted by atomic mass is 9.83. The molecule has 0 aliphatic heterocycles. The molecule has 6 nitrogen and oxygen atoms in total. The van der Waals surface area contributed by atoms with Crippen molar-refractivity contribution >= 4 is 22.7 Å². The van der Waals surface area contributed by atoms with E-state index in [-0.39, 0.29) is 5.97 Å². The molecule has 0 radical (unpaired) electrons. The van der Waals surface area contributed by atoms with Gasteiger partial charge in [0.05, 0.1) is 18.9 Å². The predicted molar refractivity (Wildman–Crippen MR) is 91.6 cm³/mol. The Bertz CT molecular complexity index is 762. The minimum Gasteiger partial charge on any atom is -0.465 e. The van der Waals surface area contributed by atoms with Crippen molar-refractivity contribution in [2.75, 3.05) is 12.4 Å². The number of aromatic amines is 1. The molecule has 0 aromatic carbocycles. The second kappa shape index (κ2) is 7.35. The van der Waals surface area contributed by atoms with Crippen LogP contribution in [0.15, 0.2) is 18.5 Å². The van der Waals surface area contributed by atoms with Crippen molar-refractivity contribution in [3.63, 3.8) is 0 Å². The van der Waals surface area contributed by atoms with Crippen molar-refractivity contribution in [2.45, 2.75) is 44.6 Å². The van der Waals surface area contributed by atoms with E-state index in [1.807, 2.05) is 12.3 Å². The van der Waals surface area contributed by atoms with Gasteiger partial charge in [-0.15, -0.1) is 0 Å². The summed E-state index contributed by atoms with van der Waals surface area (Å²) in [7, 11) is 1.38. The fourth-order valence-corrected chi connectivity index (χ4v) is 3.59. The van der Waals surface area contributed by atoms with Crippen LogP contribution in [-0.2, 0) is 4.74 Å². The maximum Gasteiger partial charge on any atom is 0.341 e. The summed E-state index contributed by atoms with van der Waals surface area (Å²) in [5.74, 6) is 0.186. The number of esters is 1. The molecule has 1 aliphatic carbocycles. The zero-order valence-corrected chi connectivity index (χ0v) is 13.8. The Morgan fingerprint density at radius 2 is 2.42 bits per heavy atom. The highest BCUT2D eigenvalue weighted by molar-refractivity contribution is 6.04. The average molecular weight is 326 g/mol. The largest absolute Gasteiger partial charge is 0.465 e. The first-order valence-corrected chi connectivity index (χ1v) is 8.40. The summed E-state index contributed by atoms with van der Waals surface area (Å²) < 4.78 is 4.90. The molecule has 24 heavy (non-hydrogen) atoms. The molecule has 2 aromatic rings. The maximum atomic E-state index is 12.1. The maximum absolute atomic E-state index is 12.1. The van der Waals surface area contributed by atoms with Crippen LogP contribution in [0, 0.1) is 17.2 Å². The molecule has 2 atom stereocenters. The molecule has 3 rings (SSSR count). The Morgan fingerprint density at radius 3 is 3.21 bits per heavy atom. The second-order valence-corrected chi connectivity index (χ2v) is 6.35. The molecular weight excluding hydrogens is 304 g/mol. The van der Waals surface area contributed by atoms with E-state index in [9.17, 15) is 4.79 Å². The van der Waals surface area contributed by atoms with E-state index >= 15 is 0 Å². The molecule has 1 aliphatic rings. The highest BCUT2D eigenvalue weighted by Crippen LogP contribution is 2.33. The van der Waals surface area contributed by atoms with Crippen molar-refractivity contribution in [1.82, 2.24) is 9.97 Å². The zero-order chi connectivity index (χ0) is 16.9. The third kappa shape index (κ3) is 3.35. The van der Waals surface area contributed by atoms with Crippen LogP contribution >= 0.6 is 0 Å². The fraction of sp³-hybridized carbons (Fsp3) is 0.500. The number of fused-ring (bicyclic) bond motifs is 1. The summed E-state index contributed by atoms with van der Waals surface area (Å²) in [6.45, 7) is 0. The highest BCUT2D eigenvalue weighted by atomic mass is 16.5. The van der Waals surface area contributed by atoms with Gasteiger partial charge in [-0.05, 0) is 31.2 Å². The Hall–Kier alpha value is -2.55. The molecule has 126 valence electrons. The lowest BCUT2D eigenvalue weighted by Gasteiger charge is -2.30. The number of rotatable bonds is 5. The van der Waals surface area contributed by atoms with Gasteiger partial charge in [0.25, 0.3) is 0 Å². The number of aromatic nitrogens is 2. The number of H-pyrrole nitrogens is 1. The molecule has 0 unspecified atom stereocenters. The topological polar surface area (TPSA) is 90.8 Å². The fourth-order valence-electron chi connectivity index (χ4n) is 3.59. The number of methoxy groups -OCH3 is 1. The van der Waals surface area contributed by atoms with E-state index in [0.717, 1.165) is 42.4 Å². The number of nitriles is 1. The number of anilines is 1. The molecule has 2 aromatic heterocycles. The van der Waals surface area contributed by atoms with Gasteiger partial charge in [0.15, 0.2) is 0 Å². The first-order chi connectivity index (χ1) is 11.7. The van der Waals surface area contributed by atoms with Crippen LogP contribution in [0.2, 0.25) is 0 Å². The highest BCUT2D eigenvalue weighted by Gasteiger charge is 2.24. The SMILES string of the molecule is COC(=O)c1cnc2[nH]ccc2c1N[C@H]1CCC[C@@H](CCC#N)C1. The lowest BCUT2D eigenvalue weighted by Crippen LogP contribution is -2.28. The minimum atomic E-state index is -0.384. The summed E-state index contributed by atoms with van der Waals surface area (Å²) in [4.78, 5) is 19.5. The van der Waals surface area contributed by atoms with Gasteiger partial charge in [-0.2, -0.15) is 5.26 Å². The van der Waals surface area contributed by atoms with Crippen molar-refractivity contribution in [2.24, 2.45) is 5.92 Å². The van der Waals surface area contributed by atoms with Crippen molar-refractivity contribution in [1.29, 1.82) is 5.26 Å². The van der Waals surface area contributed by atoms with Crippen molar-refractivity contribution in [3.8, 4) is 6.07 Å². The Kier molecular flexibility index (Phi) is 4.99. The predicted octanol–water partition coefficient (Wildman–Crippen LogP) is 3.62. The summed E-state index contributed by atoms with van der Waals surface area (Å²) >= 11 is 0.